The van der Waals surface area contributed by atoms with Crippen LogP contribution in [0.2, 0.25) is 0 Å². The Hall–Kier alpha value is -3.39. The summed E-state index contributed by atoms with van der Waals surface area (Å²) in [6.07, 6.45) is 0. The number of aromatic nitrogens is 4. The van der Waals surface area contributed by atoms with Crippen LogP contribution in [-0.2, 0) is 16.1 Å². The van der Waals surface area contributed by atoms with Crippen LogP contribution in [0, 0.1) is 5.92 Å². The molecule has 4 aromatic rings. The van der Waals surface area contributed by atoms with E-state index in [0.717, 1.165) is 21.2 Å². The molecular weight excluding hydrogens is 386 g/mol. The van der Waals surface area contributed by atoms with Crippen molar-refractivity contribution in [2.75, 3.05) is 0 Å². The fraction of sp³-hybridized carbons (Fsp3) is 0.190. The molecule has 8 heteroatoms. The maximum Gasteiger partial charge on any atom is 0.317 e. The smallest absolute Gasteiger partial charge is 0.317 e. The maximum absolute atomic E-state index is 13.2. The molecule has 0 N–H and O–H groups in total. The molecule has 0 radical (unpaired) electrons. The average Bonchev–Trinajstić information content (AvgIpc) is 3.42. The Bertz CT molecular complexity index is 1210. The zero-order valence-electron chi connectivity index (χ0n) is 15.6. The molecule has 0 aliphatic carbocycles. The highest BCUT2D eigenvalue weighted by Gasteiger charge is 2.40. The van der Waals surface area contributed by atoms with Gasteiger partial charge in [-0.25, -0.2) is 9.67 Å². The van der Waals surface area contributed by atoms with Gasteiger partial charge in [-0.1, -0.05) is 53.6 Å². The van der Waals surface area contributed by atoms with Crippen LogP contribution in [0.15, 0.2) is 65.0 Å². The van der Waals surface area contributed by atoms with Gasteiger partial charge in [0, 0.05) is 10.6 Å². The molecule has 0 bridgehead atoms. The van der Waals surface area contributed by atoms with Crippen LogP contribution in [0.3, 0.4) is 0 Å². The van der Waals surface area contributed by atoms with E-state index in [1.807, 2.05) is 66.9 Å². The van der Waals surface area contributed by atoms with E-state index >= 15 is 0 Å². The van der Waals surface area contributed by atoms with E-state index in [4.69, 9.17) is 4.74 Å². The first-order chi connectivity index (χ1) is 14.2. The molecule has 0 saturated carbocycles. The van der Waals surface area contributed by atoms with Crippen LogP contribution < -0.4 is 0 Å². The standard InChI is InChI=1S/C21H17N5O2S/c1-13-18(20(27)28-12-15-8-5-11-29-15)19(26-21(22-13)23-24-25-26)17-10-4-7-14-6-2-3-9-16(14)17/h2-11,18-19H,12H2,1H3. The number of hydrogen-bond donors (Lipinski definition) is 0. The third kappa shape index (κ3) is 3.11. The van der Waals surface area contributed by atoms with Crippen LogP contribution in [0.5, 0.6) is 0 Å². The van der Waals surface area contributed by atoms with Crippen LogP contribution in [-0.4, -0.2) is 31.9 Å². The maximum atomic E-state index is 13.2. The molecule has 29 heavy (non-hydrogen) atoms. The predicted molar refractivity (Wildman–Crippen MR) is 110 cm³/mol. The highest BCUT2D eigenvalue weighted by atomic mass is 32.1. The van der Waals surface area contributed by atoms with Gasteiger partial charge in [0.15, 0.2) is 0 Å². The predicted octanol–water partition coefficient (Wildman–Crippen LogP) is 3.94. The Morgan fingerprint density at radius 3 is 2.86 bits per heavy atom. The van der Waals surface area contributed by atoms with Crippen molar-refractivity contribution in [2.45, 2.75) is 19.6 Å². The van der Waals surface area contributed by atoms with Crippen LogP contribution in [0.4, 0.5) is 5.95 Å². The minimum absolute atomic E-state index is 0.241. The quantitative estimate of drug-likeness (QED) is 0.482. The number of benzene rings is 2. The summed E-state index contributed by atoms with van der Waals surface area (Å²) in [7, 11) is 0. The summed E-state index contributed by atoms with van der Waals surface area (Å²) >= 11 is 1.56. The summed E-state index contributed by atoms with van der Waals surface area (Å²) in [4.78, 5) is 18.6. The zero-order valence-corrected chi connectivity index (χ0v) is 16.4. The normalized spacial score (nSPS) is 18.3. The number of tetrazole rings is 1. The van der Waals surface area contributed by atoms with Crippen molar-refractivity contribution in [2.24, 2.45) is 10.9 Å². The minimum Gasteiger partial charge on any atom is -0.459 e. The molecule has 0 spiro atoms. The SMILES string of the molecule is CC1=Nc2nnnn2C(c2cccc3ccccc23)C1C(=O)OCc1cccs1. The number of carbonyl (C=O) groups is 1. The number of rotatable bonds is 4. The molecule has 0 amide bonds. The summed E-state index contributed by atoms with van der Waals surface area (Å²) in [6, 6.07) is 17.6. The van der Waals surface area contributed by atoms with E-state index in [0.29, 0.717) is 11.7 Å². The summed E-state index contributed by atoms with van der Waals surface area (Å²) in [5, 5.41) is 16.0. The second-order valence-electron chi connectivity index (χ2n) is 6.85. The Morgan fingerprint density at radius 2 is 2.00 bits per heavy atom. The molecule has 5 rings (SSSR count). The average molecular weight is 403 g/mol. The topological polar surface area (TPSA) is 82.3 Å². The molecule has 2 aromatic carbocycles. The van der Waals surface area contributed by atoms with Gasteiger partial charge in [0.2, 0.25) is 0 Å². The molecule has 7 nitrogen and oxygen atoms in total. The molecular formula is C21H17N5O2S. The van der Waals surface area contributed by atoms with E-state index in [-0.39, 0.29) is 12.6 Å². The van der Waals surface area contributed by atoms with Gasteiger partial charge in [0.05, 0.1) is 0 Å². The van der Waals surface area contributed by atoms with Crippen LogP contribution in [0.25, 0.3) is 10.8 Å². The first kappa shape index (κ1) is 17.7. The van der Waals surface area contributed by atoms with Gasteiger partial charge in [0.25, 0.3) is 5.95 Å². The van der Waals surface area contributed by atoms with Gasteiger partial charge in [-0.3, -0.25) is 4.79 Å². The summed E-state index contributed by atoms with van der Waals surface area (Å²) in [6.45, 7) is 2.07. The van der Waals surface area contributed by atoms with Crippen molar-refractivity contribution in [1.82, 2.24) is 20.2 Å². The van der Waals surface area contributed by atoms with E-state index < -0.39 is 12.0 Å². The molecule has 2 unspecified atom stereocenters. The van der Waals surface area contributed by atoms with Crippen molar-refractivity contribution in [3.05, 3.63) is 70.4 Å². The lowest BCUT2D eigenvalue weighted by Crippen LogP contribution is -2.37. The van der Waals surface area contributed by atoms with Gasteiger partial charge >= 0.3 is 5.97 Å². The molecule has 2 atom stereocenters. The number of thiophene rings is 1. The third-order valence-electron chi connectivity index (χ3n) is 5.11. The number of ether oxygens (including phenoxy) is 1. The molecule has 144 valence electrons. The number of aliphatic imine (C=N–C) groups is 1. The van der Waals surface area contributed by atoms with Crippen LogP contribution >= 0.6 is 11.3 Å². The Morgan fingerprint density at radius 1 is 1.14 bits per heavy atom. The lowest BCUT2D eigenvalue weighted by Gasteiger charge is -2.29. The third-order valence-corrected chi connectivity index (χ3v) is 5.96. The van der Waals surface area contributed by atoms with Crippen molar-refractivity contribution in [3.8, 4) is 0 Å². The summed E-state index contributed by atoms with van der Waals surface area (Å²) < 4.78 is 7.28. The van der Waals surface area contributed by atoms with Gasteiger partial charge < -0.3 is 4.74 Å². The van der Waals surface area contributed by atoms with E-state index in [1.54, 1.807) is 16.0 Å². The largest absolute Gasteiger partial charge is 0.459 e. The van der Waals surface area contributed by atoms with Crippen molar-refractivity contribution >= 4 is 39.7 Å². The number of nitrogens with zero attached hydrogens (tertiary/aromatic N) is 5. The Balaban J connectivity index is 1.59. The number of carbonyl (C=O) groups excluding carboxylic acids is 1. The Kier molecular flexibility index (Phi) is 4.40. The van der Waals surface area contributed by atoms with E-state index in [2.05, 4.69) is 20.5 Å². The van der Waals surface area contributed by atoms with Crippen molar-refractivity contribution < 1.29 is 9.53 Å². The summed E-state index contributed by atoms with van der Waals surface area (Å²) in [5.41, 5.74) is 1.60. The second-order valence-corrected chi connectivity index (χ2v) is 7.89. The fourth-order valence-corrected chi connectivity index (χ4v) is 4.40. The van der Waals surface area contributed by atoms with E-state index in [1.165, 1.54) is 0 Å². The first-order valence-electron chi connectivity index (χ1n) is 9.22. The molecule has 1 aliphatic heterocycles. The molecule has 0 fully saturated rings. The van der Waals surface area contributed by atoms with Gasteiger partial charge in [-0.05, 0) is 45.1 Å². The number of fused-ring (bicyclic) bond motifs is 2. The van der Waals surface area contributed by atoms with Gasteiger partial charge in [0.1, 0.15) is 18.6 Å². The lowest BCUT2D eigenvalue weighted by molar-refractivity contribution is -0.148. The Labute approximate surface area is 170 Å². The van der Waals surface area contributed by atoms with Crippen LogP contribution in [0.1, 0.15) is 23.4 Å². The molecule has 0 saturated heterocycles. The minimum atomic E-state index is -0.614. The second kappa shape index (κ2) is 7.21. The number of esters is 1. The monoisotopic (exact) mass is 403 g/mol. The number of hydrogen-bond acceptors (Lipinski definition) is 7. The highest BCUT2D eigenvalue weighted by Crippen LogP contribution is 2.38. The van der Waals surface area contributed by atoms with Crippen molar-refractivity contribution in [1.29, 1.82) is 0 Å². The molecule has 3 heterocycles. The molecule has 2 aromatic heterocycles. The zero-order chi connectivity index (χ0) is 19.8. The van der Waals surface area contributed by atoms with Crippen molar-refractivity contribution in [3.63, 3.8) is 0 Å². The van der Waals surface area contributed by atoms with Gasteiger partial charge in [-0.15, -0.1) is 11.3 Å². The van der Waals surface area contributed by atoms with E-state index in [9.17, 15) is 4.79 Å². The highest BCUT2D eigenvalue weighted by molar-refractivity contribution is 7.09. The first-order valence-corrected chi connectivity index (χ1v) is 10.1. The summed E-state index contributed by atoms with van der Waals surface area (Å²) in [5.74, 6) is -0.557. The molecule has 1 aliphatic rings. The fourth-order valence-electron chi connectivity index (χ4n) is 3.79. The lowest BCUT2D eigenvalue weighted by atomic mass is 9.86. The van der Waals surface area contributed by atoms with Gasteiger partial charge in [-0.2, -0.15) is 0 Å².